The van der Waals surface area contributed by atoms with Gasteiger partial charge in [0.25, 0.3) is 0 Å². The van der Waals surface area contributed by atoms with E-state index in [-0.39, 0.29) is 0 Å². The zero-order chi connectivity index (χ0) is 12.5. The minimum Gasteiger partial charge on any atom is -0.399 e. The first-order valence-electron chi connectivity index (χ1n) is 6.35. The van der Waals surface area contributed by atoms with E-state index in [9.17, 15) is 0 Å². The van der Waals surface area contributed by atoms with Gasteiger partial charge in [-0.3, -0.25) is 4.90 Å². The molecule has 0 spiro atoms. The average Bonchev–Trinajstić information content (AvgIpc) is 2.73. The quantitative estimate of drug-likeness (QED) is 0.844. The molecular weight excluding hydrogens is 226 g/mol. The molecule has 0 unspecified atom stereocenters. The lowest BCUT2D eigenvalue weighted by Crippen LogP contribution is -2.43. The van der Waals surface area contributed by atoms with Gasteiger partial charge in [0.2, 0.25) is 0 Å². The Morgan fingerprint density at radius 3 is 2.83 bits per heavy atom. The van der Waals surface area contributed by atoms with Gasteiger partial charge in [-0.15, -0.1) is 0 Å². The number of nitrogens with zero attached hydrogens (tertiary/aromatic N) is 4. The van der Waals surface area contributed by atoms with Gasteiger partial charge < -0.3 is 15.0 Å². The van der Waals surface area contributed by atoms with E-state index in [0.29, 0.717) is 0 Å². The minimum absolute atomic E-state index is 0.763. The Morgan fingerprint density at radius 2 is 2.06 bits per heavy atom. The first kappa shape index (κ1) is 11.5. The Bertz CT molecular complexity index is 539. The third kappa shape index (κ3) is 2.32. The molecule has 96 valence electrons. The van der Waals surface area contributed by atoms with Crippen LogP contribution >= 0.6 is 0 Å². The molecule has 2 aromatic rings. The van der Waals surface area contributed by atoms with E-state index in [0.717, 1.165) is 49.8 Å². The van der Waals surface area contributed by atoms with Crippen molar-refractivity contribution in [2.75, 3.05) is 39.0 Å². The fourth-order valence-corrected chi connectivity index (χ4v) is 2.36. The summed E-state index contributed by atoms with van der Waals surface area (Å²) in [5, 5.41) is 0. The van der Waals surface area contributed by atoms with E-state index >= 15 is 0 Å². The number of nitrogen functional groups attached to an aromatic ring is 1. The van der Waals surface area contributed by atoms with E-state index < -0.39 is 0 Å². The van der Waals surface area contributed by atoms with Gasteiger partial charge in [-0.2, -0.15) is 0 Å². The SMILES string of the molecule is CN1CCN(Cc2cn3ccc(N)cc3n2)CC1. The summed E-state index contributed by atoms with van der Waals surface area (Å²) in [4.78, 5) is 9.43. The molecule has 18 heavy (non-hydrogen) atoms. The van der Waals surface area contributed by atoms with Crippen LogP contribution in [-0.2, 0) is 6.54 Å². The van der Waals surface area contributed by atoms with Crippen molar-refractivity contribution < 1.29 is 0 Å². The number of fused-ring (bicyclic) bond motifs is 1. The van der Waals surface area contributed by atoms with Crippen molar-refractivity contribution in [2.45, 2.75) is 6.54 Å². The Labute approximate surface area is 107 Å². The van der Waals surface area contributed by atoms with Crippen molar-refractivity contribution in [1.82, 2.24) is 19.2 Å². The lowest BCUT2D eigenvalue weighted by atomic mass is 10.3. The van der Waals surface area contributed by atoms with Gasteiger partial charge in [-0.1, -0.05) is 0 Å². The van der Waals surface area contributed by atoms with Crippen molar-refractivity contribution in [3.8, 4) is 0 Å². The van der Waals surface area contributed by atoms with E-state index in [2.05, 4.69) is 28.0 Å². The zero-order valence-electron chi connectivity index (χ0n) is 10.7. The summed E-state index contributed by atoms with van der Waals surface area (Å²) in [6.45, 7) is 5.44. The maximum Gasteiger partial charge on any atom is 0.139 e. The molecule has 1 fully saturated rings. The molecule has 0 radical (unpaired) electrons. The fourth-order valence-electron chi connectivity index (χ4n) is 2.36. The number of anilines is 1. The van der Waals surface area contributed by atoms with Crippen molar-refractivity contribution in [2.24, 2.45) is 0 Å². The van der Waals surface area contributed by atoms with E-state index in [4.69, 9.17) is 5.73 Å². The highest BCUT2D eigenvalue weighted by Crippen LogP contribution is 2.12. The maximum absolute atomic E-state index is 5.76. The zero-order valence-corrected chi connectivity index (χ0v) is 10.7. The number of hydrogen-bond acceptors (Lipinski definition) is 4. The molecule has 2 N–H and O–H groups in total. The van der Waals surface area contributed by atoms with Crippen LogP contribution in [0.5, 0.6) is 0 Å². The number of aromatic nitrogens is 2. The second-order valence-electron chi connectivity index (χ2n) is 5.04. The lowest BCUT2D eigenvalue weighted by molar-refractivity contribution is 0.147. The highest BCUT2D eigenvalue weighted by molar-refractivity contribution is 5.52. The van der Waals surface area contributed by atoms with E-state index in [1.165, 1.54) is 0 Å². The lowest BCUT2D eigenvalue weighted by Gasteiger charge is -2.31. The van der Waals surface area contributed by atoms with Crippen LogP contribution in [0.25, 0.3) is 5.65 Å². The highest BCUT2D eigenvalue weighted by atomic mass is 15.2. The van der Waals surface area contributed by atoms with Crippen LogP contribution in [0.1, 0.15) is 5.69 Å². The molecular formula is C13H19N5. The number of piperazine rings is 1. The molecule has 0 bridgehead atoms. The number of imidazole rings is 1. The topological polar surface area (TPSA) is 49.8 Å². The van der Waals surface area contributed by atoms with E-state index in [1.807, 2.05) is 22.7 Å². The number of rotatable bonds is 2. The Balaban J connectivity index is 1.74. The molecule has 0 saturated carbocycles. The van der Waals surface area contributed by atoms with Crippen LogP contribution in [0.15, 0.2) is 24.5 Å². The Kier molecular flexibility index (Phi) is 2.93. The maximum atomic E-state index is 5.76. The Hall–Kier alpha value is -1.59. The molecule has 1 aliphatic heterocycles. The van der Waals surface area contributed by atoms with Crippen LogP contribution in [0.2, 0.25) is 0 Å². The van der Waals surface area contributed by atoms with E-state index in [1.54, 1.807) is 0 Å². The second kappa shape index (κ2) is 4.59. The molecule has 1 saturated heterocycles. The van der Waals surface area contributed by atoms with Crippen LogP contribution in [0, 0.1) is 0 Å². The van der Waals surface area contributed by atoms with Crippen molar-refractivity contribution in [1.29, 1.82) is 0 Å². The number of pyridine rings is 1. The van der Waals surface area contributed by atoms with Crippen LogP contribution in [-0.4, -0.2) is 52.4 Å². The third-order valence-electron chi connectivity index (χ3n) is 3.52. The monoisotopic (exact) mass is 245 g/mol. The first-order valence-corrected chi connectivity index (χ1v) is 6.35. The number of hydrogen-bond donors (Lipinski definition) is 1. The largest absolute Gasteiger partial charge is 0.399 e. The average molecular weight is 245 g/mol. The number of likely N-dealkylation sites (N-methyl/N-ethyl adjacent to an activating group) is 1. The van der Waals surface area contributed by atoms with Gasteiger partial charge in [0.15, 0.2) is 0 Å². The predicted molar refractivity (Wildman–Crippen MR) is 72.4 cm³/mol. The molecule has 5 heteroatoms. The van der Waals surface area contributed by atoms with Gasteiger partial charge >= 0.3 is 0 Å². The summed E-state index contributed by atoms with van der Waals surface area (Å²) >= 11 is 0. The summed E-state index contributed by atoms with van der Waals surface area (Å²) in [5.41, 5.74) is 8.57. The normalized spacial score (nSPS) is 18.5. The molecule has 0 aromatic carbocycles. The first-order chi connectivity index (χ1) is 8.70. The van der Waals surface area contributed by atoms with Crippen molar-refractivity contribution in [3.63, 3.8) is 0 Å². The summed E-state index contributed by atoms with van der Waals surface area (Å²) in [6, 6.07) is 3.81. The molecule has 0 atom stereocenters. The molecule has 0 amide bonds. The van der Waals surface area contributed by atoms with Gasteiger partial charge in [-0.25, -0.2) is 4.98 Å². The molecule has 0 aliphatic carbocycles. The molecule has 5 nitrogen and oxygen atoms in total. The molecule has 3 rings (SSSR count). The van der Waals surface area contributed by atoms with Gasteiger partial charge in [0, 0.05) is 56.9 Å². The minimum atomic E-state index is 0.763. The Morgan fingerprint density at radius 1 is 1.28 bits per heavy atom. The molecule has 3 heterocycles. The molecule has 2 aromatic heterocycles. The summed E-state index contributed by atoms with van der Waals surface area (Å²) < 4.78 is 2.03. The van der Waals surface area contributed by atoms with Crippen LogP contribution in [0.4, 0.5) is 5.69 Å². The standard InChI is InChI=1S/C13H19N5/c1-16-4-6-17(7-5-16)9-12-10-18-3-2-11(14)8-13(18)15-12/h2-3,8,10H,4-7,9,14H2,1H3. The fraction of sp³-hybridized carbons (Fsp3) is 0.462. The predicted octanol–water partition coefficient (Wildman–Crippen LogP) is 0.664. The van der Waals surface area contributed by atoms with Crippen molar-refractivity contribution >= 4 is 11.3 Å². The van der Waals surface area contributed by atoms with Gasteiger partial charge in [0.1, 0.15) is 5.65 Å². The van der Waals surface area contributed by atoms with Gasteiger partial charge in [-0.05, 0) is 13.1 Å². The second-order valence-corrected chi connectivity index (χ2v) is 5.04. The third-order valence-corrected chi connectivity index (χ3v) is 3.52. The smallest absolute Gasteiger partial charge is 0.139 e. The van der Waals surface area contributed by atoms with Crippen molar-refractivity contribution in [3.05, 3.63) is 30.2 Å². The number of nitrogens with two attached hydrogens (primary N) is 1. The summed E-state index contributed by atoms with van der Waals surface area (Å²) in [7, 11) is 2.17. The van der Waals surface area contributed by atoms with Crippen LogP contribution < -0.4 is 5.73 Å². The van der Waals surface area contributed by atoms with Gasteiger partial charge in [0.05, 0.1) is 5.69 Å². The molecule has 1 aliphatic rings. The summed E-state index contributed by atoms with van der Waals surface area (Å²) in [6.07, 6.45) is 4.05. The van der Waals surface area contributed by atoms with Crippen LogP contribution in [0.3, 0.4) is 0 Å². The highest BCUT2D eigenvalue weighted by Gasteiger charge is 2.15. The summed E-state index contributed by atoms with van der Waals surface area (Å²) in [5.74, 6) is 0.